The quantitative estimate of drug-likeness (QED) is 0.681. The normalized spacial score (nSPS) is 13.4. The third-order valence-corrected chi connectivity index (χ3v) is 1.96. The molecule has 14 heavy (non-hydrogen) atoms. The molecule has 0 saturated heterocycles. The summed E-state index contributed by atoms with van der Waals surface area (Å²) in [4.78, 5) is 0. The number of halogens is 3. The summed E-state index contributed by atoms with van der Waals surface area (Å²) >= 11 is 0. The van der Waals surface area contributed by atoms with E-state index in [1.165, 1.54) is 18.2 Å². The highest BCUT2D eigenvalue weighted by Gasteiger charge is 2.41. The van der Waals surface area contributed by atoms with Crippen LogP contribution in [0, 0.1) is 18.3 Å². The molecule has 0 spiro atoms. The molecule has 1 unspecified atom stereocenters. The fourth-order valence-corrected chi connectivity index (χ4v) is 1.23. The maximum Gasteiger partial charge on any atom is 0.408 e. The number of rotatable bonds is 1. The predicted octanol–water partition coefficient (Wildman–Crippen LogP) is 3.16. The summed E-state index contributed by atoms with van der Waals surface area (Å²) < 4.78 is 37.1. The number of benzene rings is 1. The second-order valence-corrected chi connectivity index (χ2v) is 2.96. The summed E-state index contributed by atoms with van der Waals surface area (Å²) in [5.41, 5.74) is 0.513. The van der Waals surface area contributed by atoms with Gasteiger partial charge < -0.3 is 0 Å². The van der Waals surface area contributed by atoms with Crippen molar-refractivity contribution in [2.75, 3.05) is 0 Å². The van der Waals surface area contributed by atoms with E-state index in [0.29, 0.717) is 5.56 Å². The average Bonchev–Trinajstić information content (AvgIpc) is 2.07. The van der Waals surface area contributed by atoms with Crippen molar-refractivity contribution in [3.63, 3.8) is 0 Å². The van der Waals surface area contributed by atoms with Crippen LogP contribution in [0.1, 0.15) is 17.0 Å². The number of hydrogen-bond acceptors (Lipinski definition) is 1. The van der Waals surface area contributed by atoms with Crippen LogP contribution in [0.25, 0.3) is 0 Å². The first-order valence-corrected chi connectivity index (χ1v) is 3.98. The van der Waals surface area contributed by atoms with Crippen molar-refractivity contribution in [3.05, 3.63) is 35.4 Å². The number of nitrogens with zero attached hydrogens (tertiary/aromatic N) is 1. The topological polar surface area (TPSA) is 23.8 Å². The summed E-state index contributed by atoms with van der Waals surface area (Å²) in [6.07, 6.45) is -4.50. The van der Waals surface area contributed by atoms with Gasteiger partial charge in [-0.1, -0.05) is 24.3 Å². The van der Waals surface area contributed by atoms with Crippen molar-refractivity contribution in [2.24, 2.45) is 0 Å². The number of nitriles is 1. The Morgan fingerprint density at radius 2 is 1.86 bits per heavy atom. The maximum atomic E-state index is 12.4. The minimum absolute atomic E-state index is 0.0301. The van der Waals surface area contributed by atoms with Crippen LogP contribution in [0.3, 0.4) is 0 Å². The molecule has 0 aliphatic rings. The Bertz CT molecular complexity index is 362. The van der Waals surface area contributed by atoms with Gasteiger partial charge in [0.1, 0.15) is 0 Å². The maximum absolute atomic E-state index is 12.4. The Kier molecular flexibility index (Phi) is 2.80. The molecule has 0 radical (unpaired) electrons. The molecule has 0 heterocycles. The molecule has 1 aromatic carbocycles. The Hall–Kier alpha value is -1.50. The predicted molar refractivity (Wildman–Crippen MR) is 45.6 cm³/mol. The molecular weight excluding hydrogens is 191 g/mol. The van der Waals surface area contributed by atoms with Gasteiger partial charge in [-0.05, 0) is 18.1 Å². The second-order valence-electron chi connectivity index (χ2n) is 2.96. The molecule has 0 saturated carbocycles. The second kappa shape index (κ2) is 3.70. The third-order valence-electron chi connectivity index (χ3n) is 1.96. The van der Waals surface area contributed by atoms with Crippen LogP contribution in [0.4, 0.5) is 13.2 Å². The van der Waals surface area contributed by atoms with Gasteiger partial charge >= 0.3 is 6.18 Å². The van der Waals surface area contributed by atoms with Gasteiger partial charge in [0.2, 0.25) is 0 Å². The van der Waals surface area contributed by atoms with Crippen molar-refractivity contribution in [3.8, 4) is 6.07 Å². The SMILES string of the molecule is Cc1ccccc1C(C#N)C(F)(F)F. The molecule has 4 heteroatoms. The monoisotopic (exact) mass is 199 g/mol. The molecule has 0 N–H and O–H groups in total. The zero-order valence-corrected chi connectivity index (χ0v) is 7.47. The Morgan fingerprint density at radius 3 is 2.29 bits per heavy atom. The summed E-state index contributed by atoms with van der Waals surface area (Å²) in [6.45, 7) is 1.56. The molecule has 0 aliphatic carbocycles. The van der Waals surface area contributed by atoms with Gasteiger partial charge in [-0.2, -0.15) is 18.4 Å². The van der Waals surface area contributed by atoms with E-state index in [1.807, 2.05) is 0 Å². The van der Waals surface area contributed by atoms with E-state index in [9.17, 15) is 13.2 Å². The Morgan fingerprint density at radius 1 is 1.29 bits per heavy atom. The smallest absolute Gasteiger partial charge is 0.197 e. The van der Waals surface area contributed by atoms with Gasteiger partial charge in [0.15, 0.2) is 5.92 Å². The van der Waals surface area contributed by atoms with Gasteiger partial charge in [0.25, 0.3) is 0 Å². The highest BCUT2D eigenvalue weighted by molar-refractivity contribution is 5.34. The molecule has 1 atom stereocenters. The van der Waals surface area contributed by atoms with Crippen molar-refractivity contribution in [1.82, 2.24) is 0 Å². The molecule has 1 nitrogen and oxygen atoms in total. The first-order chi connectivity index (χ1) is 6.46. The lowest BCUT2D eigenvalue weighted by atomic mass is 9.96. The van der Waals surface area contributed by atoms with Crippen LogP contribution in [-0.2, 0) is 0 Å². The van der Waals surface area contributed by atoms with E-state index in [-0.39, 0.29) is 5.56 Å². The Balaban J connectivity index is 3.16. The molecule has 1 aromatic rings. The van der Waals surface area contributed by atoms with Crippen molar-refractivity contribution >= 4 is 0 Å². The van der Waals surface area contributed by atoms with E-state index in [2.05, 4.69) is 0 Å². The van der Waals surface area contributed by atoms with Crippen molar-refractivity contribution < 1.29 is 13.2 Å². The van der Waals surface area contributed by atoms with Crippen LogP contribution < -0.4 is 0 Å². The summed E-state index contributed by atoms with van der Waals surface area (Å²) in [5, 5.41) is 8.47. The summed E-state index contributed by atoms with van der Waals surface area (Å²) in [5.74, 6) is -2.02. The van der Waals surface area contributed by atoms with Gasteiger partial charge in [-0.25, -0.2) is 0 Å². The minimum Gasteiger partial charge on any atom is -0.197 e. The number of hydrogen-bond donors (Lipinski definition) is 0. The number of alkyl halides is 3. The molecule has 0 fully saturated rings. The van der Waals surface area contributed by atoms with E-state index in [0.717, 1.165) is 0 Å². The molecule has 0 amide bonds. The first-order valence-electron chi connectivity index (χ1n) is 3.98. The summed E-state index contributed by atoms with van der Waals surface area (Å²) in [6, 6.07) is 7.31. The largest absolute Gasteiger partial charge is 0.408 e. The lowest BCUT2D eigenvalue weighted by Gasteiger charge is -2.15. The van der Waals surface area contributed by atoms with E-state index >= 15 is 0 Å². The lowest BCUT2D eigenvalue weighted by molar-refractivity contribution is -0.137. The van der Waals surface area contributed by atoms with Crippen LogP contribution >= 0.6 is 0 Å². The summed E-state index contributed by atoms with van der Waals surface area (Å²) in [7, 11) is 0. The Labute approximate surface area is 79.8 Å². The van der Waals surface area contributed by atoms with E-state index in [1.54, 1.807) is 19.1 Å². The molecule has 0 aromatic heterocycles. The first kappa shape index (κ1) is 10.6. The zero-order valence-electron chi connectivity index (χ0n) is 7.47. The highest BCUT2D eigenvalue weighted by atomic mass is 19.4. The highest BCUT2D eigenvalue weighted by Crippen LogP contribution is 2.35. The fraction of sp³-hybridized carbons (Fsp3) is 0.300. The van der Waals surface area contributed by atoms with Crippen LogP contribution in [0.15, 0.2) is 24.3 Å². The molecule has 0 aliphatic heterocycles. The van der Waals surface area contributed by atoms with E-state index in [4.69, 9.17) is 5.26 Å². The van der Waals surface area contributed by atoms with Gasteiger partial charge in [0.05, 0.1) is 6.07 Å². The van der Waals surface area contributed by atoms with Gasteiger partial charge in [0, 0.05) is 0 Å². The standard InChI is InChI=1S/C10H8F3N/c1-7-4-2-3-5-8(7)9(6-14)10(11,12)13/h2-5,9H,1H3. The molecular formula is C10H8F3N. The van der Waals surface area contributed by atoms with E-state index < -0.39 is 12.1 Å². The van der Waals surface area contributed by atoms with Crippen molar-refractivity contribution in [1.29, 1.82) is 5.26 Å². The van der Waals surface area contributed by atoms with Crippen LogP contribution in [0.2, 0.25) is 0 Å². The van der Waals surface area contributed by atoms with Crippen LogP contribution in [0.5, 0.6) is 0 Å². The minimum atomic E-state index is -4.50. The number of aryl methyl sites for hydroxylation is 1. The van der Waals surface area contributed by atoms with Gasteiger partial charge in [-0.3, -0.25) is 0 Å². The molecule has 1 rings (SSSR count). The van der Waals surface area contributed by atoms with Crippen LogP contribution in [-0.4, -0.2) is 6.18 Å². The fourth-order valence-electron chi connectivity index (χ4n) is 1.23. The lowest BCUT2D eigenvalue weighted by Crippen LogP contribution is -2.19. The zero-order chi connectivity index (χ0) is 10.8. The van der Waals surface area contributed by atoms with Crippen molar-refractivity contribution in [2.45, 2.75) is 19.0 Å². The average molecular weight is 199 g/mol. The third kappa shape index (κ3) is 2.05. The molecule has 0 bridgehead atoms. The van der Waals surface area contributed by atoms with Gasteiger partial charge in [-0.15, -0.1) is 0 Å². The molecule has 74 valence electrons.